The van der Waals surface area contributed by atoms with E-state index in [2.05, 4.69) is 28.0 Å². The van der Waals surface area contributed by atoms with Gasteiger partial charge in [0.1, 0.15) is 5.75 Å². The van der Waals surface area contributed by atoms with E-state index in [0.717, 1.165) is 17.8 Å². The molecule has 2 amide bonds. The largest absolute Gasteiger partial charge is 0.507 e. The summed E-state index contributed by atoms with van der Waals surface area (Å²) >= 11 is 0. The lowest BCUT2D eigenvalue weighted by atomic mass is 9.48. The first-order valence-electron chi connectivity index (χ1n) is 10.6. The molecule has 5 heteroatoms. The van der Waals surface area contributed by atoms with Crippen LogP contribution in [0.4, 0.5) is 10.5 Å². The maximum atomic E-state index is 12.0. The van der Waals surface area contributed by atoms with Crippen molar-refractivity contribution in [2.75, 3.05) is 5.32 Å². The summed E-state index contributed by atoms with van der Waals surface area (Å²) in [6.07, 6.45) is 9.59. The number of aromatic hydroxyl groups is 1. The van der Waals surface area contributed by atoms with Crippen molar-refractivity contribution in [2.24, 2.45) is 22.9 Å². The molecule has 4 aliphatic rings. The van der Waals surface area contributed by atoms with Gasteiger partial charge in [0.25, 0.3) is 0 Å². The molecule has 3 N–H and O–H groups in total. The standard InChI is InChI=1S/C24H27N3O2/c28-22-7-6-20(24-12-16-8-17(13-24)10-18(9-16)14-24)11-19(22)15-25-27-23(29)26-21-4-2-1-3-5-21/h1-7,11,15-18,28H,8-10,12-14H2,(H2,26,27,29)/b25-15+. The van der Waals surface area contributed by atoms with Crippen LogP contribution >= 0.6 is 0 Å². The van der Waals surface area contributed by atoms with Crippen molar-refractivity contribution in [3.8, 4) is 5.75 Å². The Morgan fingerprint density at radius 3 is 2.31 bits per heavy atom. The maximum absolute atomic E-state index is 12.0. The molecule has 0 radical (unpaired) electrons. The van der Waals surface area contributed by atoms with Crippen LogP contribution in [0.15, 0.2) is 53.6 Å². The minimum Gasteiger partial charge on any atom is -0.507 e. The molecular weight excluding hydrogens is 362 g/mol. The number of nitrogens with zero attached hydrogens (tertiary/aromatic N) is 1. The van der Waals surface area contributed by atoms with Gasteiger partial charge in [0.05, 0.1) is 6.21 Å². The van der Waals surface area contributed by atoms with Crippen LogP contribution in [0.3, 0.4) is 0 Å². The van der Waals surface area contributed by atoms with Crippen molar-refractivity contribution in [3.05, 3.63) is 59.7 Å². The zero-order valence-corrected chi connectivity index (χ0v) is 16.5. The molecule has 0 unspecified atom stereocenters. The van der Waals surface area contributed by atoms with E-state index in [0.29, 0.717) is 11.3 Å². The van der Waals surface area contributed by atoms with Crippen LogP contribution in [0.5, 0.6) is 5.75 Å². The zero-order chi connectivity index (χ0) is 19.8. The molecule has 4 bridgehead atoms. The molecule has 4 saturated carbocycles. The summed E-state index contributed by atoms with van der Waals surface area (Å²) in [5, 5.41) is 17.1. The number of para-hydroxylation sites is 1. The van der Waals surface area contributed by atoms with E-state index in [1.807, 2.05) is 30.3 Å². The number of hydrogen-bond donors (Lipinski definition) is 3. The number of amides is 2. The summed E-state index contributed by atoms with van der Waals surface area (Å²) in [5.74, 6) is 2.80. The smallest absolute Gasteiger partial charge is 0.339 e. The first kappa shape index (κ1) is 18.2. The van der Waals surface area contributed by atoms with Gasteiger partial charge < -0.3 is 10.4 Å². The Kier molecular flexibility index (Phi) is 4.53. The van der Waals surface area contributed by atoms with Gasteiger partial charge in [0, 0.05) is 11.3 Å². The molecule has 29 heavy (non-hydrogen) atoms. The van der Waals surface area contributed by atoms with Crippen LogP contribution in [0.25, 0.3) is 0 Å². The average Bonchev–Trinajstić information content (AvgIpc) is 2.69. The fraction of sp³-hybridized carbons (Fsp3) is 0.417. The second-order valence-electron chi connectivity index (χ2n) is 9.16. The fourth-order valence-corrected chi connectivity index (χ4v) is 6.29. The first-order valence-corrected chi connectivity index (χ1v) is 10.6. The molecule has 2 aromatic rings. The average molecular weight is 389 g/mol. The Labute approximate surface area is 171 Å². The van der Waals surface area contributed by atoms with Gasteiger partial charge in [-0.3, -0.25) is 0 Å². The quantitative estimate of drug-likeness (QED) is 0.508. The Morgan fingerprint density at radius 2 is 1.66 bits per heavy atom. The topological polar surface area (TPSA) is 73.7 Å². The first-order chi connectivity index (χ1) is 14.1. The van der Waals surface area contributed by atoms with Crippen molar-refractivity contribution in [1.29, 1.82) is 0 Å². The number of carbonyl (C=O) groups excluding carboxylic acids is 1. The number of phenols is 1. The Hall–Kier alpha value is -2.82. The predicted molar refractivity (Wildman–Crippen MR) is 114 cm³/mol. The van der Waals surface area contributed by atoms with Gasteiger partial charge >= 0.3 is 6.03 Å². The van der Waals surface area contributed by atoms with Crippen LogP contribution in [0, 0.1) is 17.8 Å². The van der Waals surface area contributed by atoms with E-state index < -0.39 is 6.03 Å². The molecule has 0 aromatic heterocycles. The molecular formula is C24H27N3O2. The number of benzene rings is 2. The Bertz CT molecular complexity index is 903. The van der Waals surface area contributed by atoms with Crippen molar-refractivity contribution in [1.82, 2.24) is 5.43 Å². The molecule has 2 aromatic carbocycles. The highest BCUT2D eigenvalue weighted by atomic mass is 16.3. The van der Waals surface area contributed by atoms with Gasteiger partial charge in [-0.2, -0.15) is 5.10 Å². The van der Waals surface area contributed by atoms with E-state index in [1.54, 1.807) is 6.07 Å². The van der Waals surface area contributed by atoms with Crippen LogP contribution in [-0.2, 0) is 5.41 Å². The van der Waals surface area contributed by atoms with Gasteiger partial charge in [-0.15, -0.1) is 0 Å². The van der Waals surface area contributed by atoms with Gasteiger partial charge in [-0.25, -0.2) is 10.2 Å². The van der Waals surface area contributed by atoms with Crippen LogP contribution in [-0.4, -0.2) is 17.4 Å². The Morgan fingerprint density at radius 1 is 1.00 bits per heavy atom. The highest BCUT2D eigenvalue weighted by Gasteiger charge is 2.51. The van der Waals surface area contributed by atoms with E-state index in [-0.39, 0.29) is 11.2 Å². The lowest BCUT2D eigenvalue weighted by Gasteiger charge is -2.57. The molecule has 4 fully saturated rings. The van der Waals surface area contributed by atoms with Gasteiger partial charge in [-0.05, 0) is 91.5 Å². The molecule has 0 saturated heterocycles. The monoisotopic (exact) mass is 389 g/mol. The number of hydrogen-bond acceptors (Lipinski definition) is 3. The molecule has 6 rings (SSSR count). The van der Waals surface area contributed by atoms with E-state index in [1.165, 1.54) is 50.3 Å². The summed E-state index contributed by atoms with van der Waals surface area (Å²) in [6.45, 7) is 0. The van der Waals surface area contributed by atoms with E-state index in [9.17, 15) is 9.90 Å². The Balaban J connectivity index is 1.30. The van der Waals surface area contributed by atoms with Gasteiger partial charge in [0.2, 0.25) is 0 Å². The number of nitrogens with one attached hydrogen (secondary N) is 2. The highest BCUT2D eigenvalue weighted by Crippen LogP contribution is 2.60. The SMILES string of the molecule is O=C(N/N=C/c1cc(C23CC4CC(CC(C4)C2)C3)ccc1O)Nc1ccccc1. The summed E-state index contributed by atoms with van der Waals surface area (Å²) in [4.78, 5) is 12.0. The second-order valence-corrected chi connectivity index (χ2v) is 9.16. The van der Waals surface area contributed by atoms with Crippen LogP contribution in [0.2, 0.25) is 0 Å². The summed E-state index contributed by atoms with van der Waals surface area (Å²) in [5.41, 5.74) is 5.41. The lowest BCUT2D eigenvalue weighted by molar-refractivity contribution is -0.00520. The van der Waals surface area contributed by atoms with Crippen molar-refractivity contribution < 1.29 is 9.90 Å². The minimum absolute atomic E-state index is 0.187. The molecule has 150 valence electrons. The molecule has 4 aliphatic carbocycles. The predicted octanol–water partition coefficient (Wildman–Crippen LogP) is 5.02. The number of carbonyl (C=O) groups is 1. The van der Waals surface area contributed by atoms with Gasteiger partial charge in [0.15, 0.2) is 0 Å². The lowest BCUT2D eigenvalue weighted by Crippen LogP contribution is -2.48. The van der Waals surface area contributed by atoms with Crippen LogP contribution < -0.4 is 10.7 Å². The second kappa shape index (κ2) is 7.21. The maximum Gasteiger partial charge on any atom is 0.339 e. The zero-order valence-electron chi connectivity index (χ0n) is 16.5. The fourth-order valence-electron chi connectivity index (χ4n) is 6.29. The van der Waals surface area contributed by atoms with Crippen molar-refractivity contribution >= 4 is 17.9 Å². The number of rotatable bonds is 4. The van der Waals surface area contributed by atoms with E-state index in [4.69, 9.17) is 0 Å². The van der Waals surface area contributed by atoms with E-state index >= 15 is 0 Å². The summed E-state index contributed by atoms with van der Waals surface area (Å²) in [7, 11) is 0. The number of hydrazone groups is 1. The normalized spacial score (nSPS) is 29.9. The third-order valence-corrected chi connectivity index (χ3v) is 7.08. The van der Waals surface area contributed by atoms with Crippen molar-refractivity contribution in [2.45, 2.75) is 43.9 Å². The van der Waals surface area contributed by atoms with Crippen LogP contribution in [0.1, 0.15) is 49.7 Å². The highest BCUT2D eigenvalue weighted by molar-refractivity contribution is 5.90. The number of urea groups is 1. The third-order valence-electron chi connectivity index (χ3n) is 7.08. The molecule has 0 spiro atoms. The number of anilines is 1. The van der Waals surface area contributed by atoms with Crippen molar-refractivity contribution in [3.63, 3.8) is 0 Å². The number of phenolic OH excluding ortho intramolecular Hbond substituents is 1. The molecule has 5 nitrogen and oxygen atoms in total. The minimum atomic E-state index is -0.413. The summed E-state index contributed by atoms with van der Waals surface area (Å²) < 4.78 is 0. The van der Waals surface area contributed by atoms with Gasteiger partial charge in [-0.1, -0.05) is 24.3 Å². The summed E-state index contributed by atoms with van der Waals surface area (Å²) in [6, 6.07) is 14.7. The third kappa shape index (κ3) is 3.61. The molecule has 0 aliphatic heterocycles. The molecule has 0 atom stereocenters. The molecule has 0 heterocycles.